The first kappa shape index (κ1) is 18.2. The molecule has 1 amide bonds. The predicted octanol–water partition coefficient (Wildman–Crippen LogP) is 3.59. The number of hydrogen-bond acceptors (Lipinski definition) is 4. The van der Waals surface area contributed by atoms with Gasteiger partial charge in [-0.15, -0.1) is 0 Å². The Morgan fingerprint density at radius 1 is 1.19 bits per heavy atom. The Morgan fingerprint density at radius 2 is 1.93 bits per heavy atom. The Kier molecular flexibility index (Phi) is 5.30. The Balaban J connectivity index is 1.29. The summed E-state index contributed by atoms with van der Waals surface area (Å²) in [4.78, 5) is 17.4. The first-order valence-electron chi connectivity index (χ1n) is 10.1. The molecule has 3 heterocycles. The fourth-order valence-electron chi connectivity index (χ4n) is 4.18. The Labute approximate surface area is 161 Å². The van der Waals surface area contributed by atoms with Gasteiger partial charge in [-0.05, 0) is 49.4 Å². The van der Waals surface area contributed by atoms with E-state index in [1.54, 1.807) is 0 Å². The number of likely N-dealkylation sites (tertiary alicyclic amines) is 1. The summed E-state index contributed by atoms with van der Waals surface area (Å²) in [5.74, 6) is 1.81. The van der Waals surface area contributed by atoms with Crippen molar-refractivity contribution < 1.29 is 9.32 Å². The van der Waals surface area contributed by atoms with Crippen LogP contribution in [-0.4, -0.2) is 40.5 Å². The summed E-state index contributed by atoms with van der Waals surface area (Å²) < 4.78 is 5.46. The monoisotopic (exact) mass is 367 g/mol. The molecule has 4 rings (SSSR count). The third-order valence-corrected chi connectivity index (χ3v) is 5.93. The van der Waals surface area contributed by atoms with Crippen molar-refractivity contribution in [2.75, 3.05) is 19.6 Å². The normalized spacial score (nSPS) is 18.7. The van der Waals surface area contributed by atoms with Crippen molar-refractivity contribution in [3.63, 3.8) is 0 Å². The lowest BCUT2D eigenvalue weighted by molar-refractivity contribution is -0.138. The largest absolute Gasteiger partial charge is 0.360 e. The van der Waals surface area contributed by atoms with Gasteiger partial charge in [-0.2, -0.15) is 0 Å². The minimum atomic E-state index is 0.160. The van der Waals surface area contributed by atoms with Gasteiger partial charge < -0.3 is 9.42 Å². The first-order valence-corrected chi connectivity index (χ1v) is 10.1. The van der Waals surface area contributed by atoms with Crippen molar-refractivity contribution in [3.8, 4) is 0 Å². The minimum Gasteiger partial charge on any atom is -0.360 e. The molecule has 0 radical (unpaired) electrons. The second-order valence-corrected chi connectivity index (χ2v) is 8.20. The number of aromatic nitrogens is 1. The van der Waals surface area contributed by atoms with Gasteiger partial charge in [0.2, 0.25) is 5.91 Å². The van der Waals surface area contributed by atoms with E-state index in [1.807, 2.05) is 0 Å². The van der Waals surface area contributed by atoms with Crippen LogP contribution < -0.4 is 0 Å². The number of fused-ring (bicyclic) bond motifs is 1. The average molecular weight is 367 g/mol. The number of carbonyl (C=O) groups excluding carboxylic acids is 1. The molecule has 2 aliphatic rings. The van der Waals surface area contributed by atoms with Gasteiger partial charge in [-0.25, -0.2) is 0 Å². The molecule has 0 unspecified atom stereocenters. The van der Waals surface area contributed by atoms with Gasteiger partial charge in [-0.3, -0.25) is 9.69 Å². The molecule has 0 atom stereocenters. The third-order valence-electron chi connectivity index (χ3n) is 5.93. The van der Waals surface area contributed by atoms with Crippen LogP contribution in [0.15, 0.2) is 34.9 Å². The maximum Gasteiger partial charge on any atom is 0.226 e. The second kappa shape index (κ2) is 7.85. The number of hydrogen-bond donors (Lipinski definition) is 0. The molecule has 5 heteroatoms. The summed E-state index contributed by atoms with van der Waals surface area (Å²) in [6.07, 6.45) is 2.84. The van der Waals surface area contributed by atoms with Crippen molar-refractivity contribution in [3.05, 3.63) is 52.9 Å². The van der Waals surface area contributed by atoms with Crippen LogP contribution in [0.3, 0.4) is 0 Å². The predicted molar refractivity (Wildman–Crippen MR) is 104 cm³/mol. The molecule has 0 saturated carbocycles. The first-order chi connectivity index (χ1) is 13.1. The van der Waals surface area contributed by atoms with E-state index in [2.05, 4.69) is 59.1 Å². The van der Waals surface area contributed by atoms with Gasteiger partial charge in [0.05, 0.1) is 12.2 Å². The van der Waals surface area contributed by atoms with Gasteiger partial charge in [0.1, 0.15) is 0 Å². The average Bonchev–Trinajstić information content (AvgIpc) is 3.16. The zero-order valence-corrected chi connectivity index (χ0v) is 16.4. The smallest absolute Gasteiger partial charge is 0.226 e. The van der Waals surface area contributed by atoms with E-state index in [1.165, 1.54) is 11.1 Å². The number of carbonyl (C=O) groups is 1. The van der Waals surface area contributed by atoms with Crippen LogP contribution in [-0.2, 0) is 24.3 Å². The van der Waals surface area contributed by atoms with Gasteiger partial charge in [0.15, 0.2) is 5.76 Å². The summed E-state index contributed by atoms with van der Waals surface area (Å²) in [5, 5.41) is 4.14. The highest BCUT2D eigenvalue weighted by atomic mass is 16.5. The zero-order valence-electron chi connectivity index (χ0n) is 16.4. The highest BCUT2D eigenvalue weighted by Crippen LogP contribution is 2.25. The van der Waals surface area contributed by atoms with Crippen LogP contribution in [0.25, 0.3) is 0 Å². The van der Waals surface area contributed by atoms with Crippen LogP contribution >= 0.6 is 0 Å². The molecular formula is C22H29N3O2. The molecule has 2 aromatic rings. The van der Waals surface area contributed by atoms with Crippen molar-refractivity contribution >= 4 is 5.91 Å². The molecule has 0 N–H and O–H groups in total. The molecule has 27 heavy (non-hydrogen) atoms. The number of benzene rings is 1. The molecule has 1 fully saturated rings. The fourth-order valence-corrected chi connectivity index (χ4v) is 4.18. The maximum atomic E-state index is 13.0. The molecular weight excluding hydrogens is 338 g/mol. The Bertz CT molecular complexity index is 790. The van der Waals surface area contributed by atoms with Crippen molar-refractivity contribution in [1.82, 2.24) is 15.0 Å². The molecule has 5 nitrogen and oxygen atoms in total. The molecule has 0 spiro atoms. The summed E-state index contributed by atoms with van der Waals surface area (Å²) >= 11 is 0. The summed E-state index contributed by atoms with van der Waals surface area (Å²) in [6.45, 7) is 8.54. The summed E-state index contributed by atoms with van der Waals surface area (Å²) in [5.41, 5.74) is 3.71. The van der Waals surface area contributed by atoms with E-state index in [0.717, 1.165) is 63.4 Å². The summed E-state index contributed by atoms with van der Waals surface area (Å²) in [6, 6.07) is 10.6. The highest BCUT2D eigenvalue weighted by molar-refractivity contribution is 5.79. The van der Waals surface area contributed by atoms with Crippen LogP contribution in [0.2, 0.25) is 0 Å². The lowest BCUT2D eigenvalue weighted by Gasteiger charge is -2.35. The fraction of sp³-hybridized carbons (Fsp3) is 0.545. The number of piperidine rings is 1. The third kappa shape index (κ3) is 4.08. The zero-order chi connectivity index (χ0) is 18.8. The van der Waals surface area contributed by atoms with E-state index < -0.39 is 0 Å². The van der Waals surface area contributed by atoms with Crippen LogP contribution in [0.1, 0.15) is 55.2 Å². The number of rotatable bonds is 4. The van der Waals surface area contributed by atoms with Crippen molar-refractivity contribution in [2.45, 2.75) is 52.1 Å². The van der Waals surface area contributed by atoms with Gasteiger partial charge >= 0.3 is 0 Å². The van der Waals surface area contributed by atoms with Crippen LogP contribution in [0.5, 0.6) is 0 Å². The lowest BCUT2D eigenvalue weighted by Crippen LogP contribution is -2.44. The quantitative estimate of drug-likeness (QED) is 0.829. The van der Waals surface area contributed by atoms with E-state index in [9.17, 15) is 4.79 Å². The number of amides is 1. The molecule has 1 aromatic heterocycles. The maximum absolute atomic E-state index is 13.0. The molecule has 1 aromatic carbocycles. The molecule has 0 aliphatic carbocycles. The minimum absolute atomic E-state index is 0.160. The van der Waals surface area contributed by atoms with E-state index in [0.29, 0.717) is 11.8 Å². The van der Waals surface area contributed by atoms with Crippen molar-refractivity contribution in [2.24, 2.45) is 5.92 Å². The standard InChI is InChI=1S/C22H29N3O2/c1-16(2)21-13-20(27-23-21)15-24-10-7-18(8-11-24)22(26)25-12-9-17-5-3-4-6-19(17)14-25/h3-6,13,16,18H,7-12,14-15H2,1-2H3. The van der Waals surface area contributed by atoms with Crippen LogP contribution in [0, 0.1) is 5.92 Å². The lowest BCUT2D eigenvalue weighted by atomic mass is 9.93. The van der Waals surface area contributed by atoms with E-state index in [-0.39, 0.29) is 5.92 Å². The molecule has 1 saturated heterocycles. The Morgan fingerprint density at radius 3 is 2.63 bits per heavy atom. The SMILES string of the molecule is CC(C)c1cc(CN2CCC(C(=O)N3CCc4ccccc4C3)CC2)on1. The molecule has 2 aliphatic heterocycles. The second-order valence-electron chi connectivity index (χ2n) is 8.20. The highest BCUT2D eigenvalue weighted by Gasteiger charge is 2.30. The summed E-state index contributed by atoms with van der Waals surface area (Å²) in [7, 11) is 0. The molecule has 144 valence electrons. The van der Waals surface area contributed by atoms with Crippen molar-refractivity contribution in [1.29, 1.82) is 0 Å². The van der Waals surface area contributed by atoms with Gasteiger partial charge in [0.25, 0.3) is 0 Å². The molecule has 0 bridgehead atoms. The number of nitrogens with zero attached hydrogens (tertiary/aromatic N) is 3. The van der Waals surface area contributed by atoms with Gasteiger partial charge in [-0.1, -0.05) is 43.3 Å². The topological polar surface area (TPSA) is 49.6 Å². The Hall–Kier alpha value is -2.14. The van der Waals surface area contributed by atoms with E-state index in [4.69, 9.17) is 4.52 Å². The van der Waals surface area contributed by atoms with Gasteiger partial charge in [0, 0.05) is 25.1 Å². The van der Waals surface area contributed by atoms with E-state index >= 15 is 0 Å². The van der Waals surface area contributed by atoms with Crippen LogP contribution in [0.4, 0.5) is 0 Å².